The molecule has 0 radical (unpaired) electrons. The Morgan fingerprint density at radius 1 is 0.900 bits per heavy atom. The van der Waals surface area contributed by atoms with Crippen LogP contribution in [0.4, 0.5) is 0 Å². The molecule has 1 rings (SSSR count). The van der Waals surface area contributed by atoms with Crippen molar-refractivity contribution in [3.8, 4) is 0 Å². The average Bonchev–Trinajstić information content (AvgIpc) is 2.23. The van der Waals surface area contributed by atoms with Crippen LogP contribution in [0.25, 0.3) is 0 Å². The molecule has 0 spiro atoms. The summed E-state index contributed by atoms with van der Waals surface area (Å²) in [6, 6.07) is 7.90. The van der Waals surface area contributed by atoms with Gasteiger partial charge in [-0.3, -0.25) is 0 Å². The number of halogens is 1. The maximum absolute atomic E-state index is 6.36. The molecule has 0 saturated carbocycles. The molecule has 1 aromatic rings. The van der Waals surface area contributed by atoms with E-state index in [0.29, 0.717) is 0 Å². The summed E-state index contributed by atoms with van der Waals surface area (Å²) in [4.78, 5) is 0. The highest BCUT2D eigenvalue weighted by Crippen LogP contribution is 2.33. The van der Waals surface area contributed by atoms with Crippen LogP contribution in [0.5, 0.6) is 0 Å². The zero-order valence-electron chi connectivity index (χ0n) is 13.7. The van der Waals surface area contributed by atoms with Crippen LogP contribution in [-0.2, 0) is 8.85 Å². The Morgan fingerprint density at radius 2 is 1.40 bits per heavy atom. The lowest BCUT2D eigenvalue weighted by Crippen LogP contribution is -2.38. The maximum Gasteiger partial charge on any atom is 0.184 e. The zero-order chi connectivity index (χ0) is 15.6. The fraction of sp³-hybridized carbons (Fsp3) is 0.600. The molecule has 2 atom stereocenters. The molecule has 0 bridgehead atoms. The monoisotopic (exact) mass is 330 g/mol. The van der Waals surface area contributed by atoms with Gasteiger partial charge in [-0.2, -0.15) is 0 Å². The molecule has 0 aliphatic heterocycles. The summed E-state index contributed by atoms with van der Waals surface area (Å²) in [5.74, 6) is 0. The van der Waals surface area contributed by atoms with Crippen LogP contribution in [0.15, 0.2) is 24.3 Å². The quantitative estimate of drug-likeness (QED) is 0.643. The normalized spacial score (nSPS) is 16.0. The van der Waals surface area contributed by atoms with Gasteiger partial charge >= 0.3 is 0 Å². The minimum atomic E-state index is -1.69. The third-order valence-electron chi connectivity index (χ3n) is 2.66. The first kappa shape index (κ1) is 17.9. The highest BCUT2D eigenvalue weighted by atomic mass is 35.5. The minimum Gasteiger partial charge on any atom is -0.412 e. The Balaban J connectivity index is 3.06. The van der Waals surface area contributed by atoms with E-state index in [2.05, 4.69) is 46.2 Å². The first-order chi connectivity index (χ1) is 8.99. The van der Waals surface area contributed by atoms with Crippen molar-refractivity contribution < 1.29 is 8.85 Å². The SMILES string of the molecule is CC(O[Si](C)(C)C)[C@@H](O[Si](C)(C)C)c1ccccc1Cl. The second-order valence-electron chi connectivity index (χ2n) is 7.11. The van der Waals surface area contributed by atoms with E-state index in [1.54, 1.807) is 0 Å². The molecule has 2 nitrogen and oxygen atoms in total. The van der Waals surface area contributed by atoms with Crippen LogP contribution in [0.1, 0.15) is 18.6 Å². The lowest BCUT2D eigenvalue weighted by atomic mass is 10.1. The maximum atomic E-state index is 6.36. The fourth-order valence-corrected chi connectivity index (χ4v) is 4.68. The van der Waals surface area contributed by atoms with Crippen molar-refractivity contribution in [2.24, 2.45) is 0 Å². The molecule has 1 unspecified atom stereocenters. The van der Waals surface area contributed by atoms with E-state index in [1.807, 2.05) is 24.3 Å². The van der Waals surface area contributed by atoms with Crippen LogP contribution < -0.4 is 0 Å². The van der Waals surface area contributed by atoms with E-state index in [9.17, 15) is 0 Å². The van der Waals surface area contributed by atoms with E-state index in [-0.39, 0.29) is 12.2 Å². The van der Waals surface area contributed by atoms with Gasteiger partial charge in [0.1, 0.15) is 0 Å². The van der Waals surface area contributed by atoms with E-state index in [0.717, 1.165) is 10.6 Å². The van der Waals surface area contributed by atoms with Crippen LogP contribution in [0, 0.1) is 0 Å². The van der Waals surface area contributed by atoms with Crippen LogP contribution in [0.3, 0.4) is 0 Å². The summed E-state index contributed by atoms with van der Waals surface area (Å²) in [6.07, 6.45) is -0.0876. The van der Waals surface area contributed by atoms with Crippen molar-refractivity contribution in [2.45, 2.75) is 58.4 Å². The van der Waals surface area contributed by atoms with Crippen LogP contribution >= 0.6 is 11.6 Å². The summed E-state index contributed by atoms with van der Waals surface area (Å²) >= 11 is 6.35. The molecule has 1 aromatic carbocycles. The number of hydrogen-bond acceptors (Lipinski definition) is 2. The molecular weight excluding hydrogens is 304 g/mol. The molecule has 0 aliphatic carbocycles. The summed E-state index contributed by atoms with van der Waals surface area (Å²) in [5.41, 5.74) is 1.03. The average molecular weight is 331 g/mol. The molecule has 0 saturated heterocycles. The number of hydrogen-bond donors (Lipinski definition) is 0. The Kier molecular flexibility index (Phi) is 6.05. The van der Waals surface area contributed by atoms with E-state index >= 15 is 0 Å². The fourth-order valence-electron chi connectivity index (χ4n) is 2.12. The van der Waals surface area contributed by atoms with Gasteiger partial charge in [-0.1, -0.05) is 29.8 Å². The molecule has 0 N–H and O–H groups in total. The lowest BCUT2D eigenvalue weighted by molar-refractivity contribution is 0.0550. The van der Waals surface area contributed by atoms with Crippen molar-refractivity contribution in [2.75, 3.05) is 0 Å². The minimum absolute atomic E-state index is 0.00768. The lowest BCUT2D eigenvalue weighted by Gasteiger charge is -2.35. The van der Waals surface area contributed by atoms with E-state index in [1.165, 1.54) is 0 Å². The van der Waals surface area contributed by atoms with Gasteiger partial charge in [0, 0.05) is 10.6 Å². The van der Waals surface area contributed by atoms with Gasteiger partial charge in [0.15, 0.2) is 16.6 Å². The molecule has 0 heterocycles. The predicted molar refractivity (Wildman–Crippen MR) is 92.5 cm³/mol. The van der Waals surface area contributed by atoms with Crippen molar-refractivity contribution in [1.82, 2.24) is 0 Å². The van der Waals surface area contributed by atoms with Gasteiger partial charge in [-0.05, 0) is 52.3 Å². The van der Waals surface area contributed by atoms with Crippen molar-refractivity contribution in [3.05, 3.63) is 34.9 Å². The van der Waals surface area contributed by atoms with Gasteiger partial charge in [0.25, 0.3) is 0 Å². The summed E-state index contributed by atoms with van der Waals surface area (Å²) in [6.45, 7) is 15.3. The molecule has 0 aliphatic rings. The molecule has 0 fully saturated rings. The Bertz CT molecular complexity index is 438. The van der Waals surface area contributed by atoms with Gasteiger partial charge < -0.3 is 8.85 Å². The third-order valence-corrected chi connectivity index (χ3v) is 5.04. The standard InChI is InChI=1S/C15H27ClO2Si2/c1-12(17-19(2,3)4)15(18-20(5,6)7)13-10-8-9-11-14(13)16/h8-12,15H,1-7H3/t12?,15-/m1/s1. The van der Waals surface area contributed by atoms with Crippen molar-refractivity contribution in [3.63, 3.8) is 0 Å². The Morgan fingerprint density at radius 3 is 1.85 bits per heavy atom. The summed E-state index contributed by atoms with van der Waals surface area (Å²) < 4.78 is 12.6. The number of benzene rings is 1. The highest BCUT2D eigenvalue weighted by Gasteiger charge is 2.31. The molecular formula is C15H27ClO2Si2. The third kappa shape index (κ3) is 6.10. The van der Waals surface area contributed by atoms with Crippen molar-refractivity contribution >= 4 is 28.2 Å². The van der Waals surface area contributed by atoms with Crippen molar-refractivity contribution in [1.29, 1.82) is 0 Å². The summed E-state index contributed by atoms with van der Waals surface area (Å²) in [5, 5.41) is 0.752. The van der Waals surface area contributed by atoms with Crippen LogP contribution in [-0.4, -0.2) is 22.7 Å². The van der Waals surface area contributed by atoms with E-state index < -0.39 is 16.6 Å². The smallest absolute Gasteiger partial charge is 0.184 e. The first-order valence-electron chi connectivity index (χ1n) is 7.10. The largest absolute Gasteiger partial charge is 0.412 e. The van der Waals surface area contributed by atoms with Crippen LogP contribution in [0.2, 0.25) is 44.3 Å². The Labute approximate surface area is 130 Å². The second kappa shape index (κ2) is 6.75. The second-order valence-corrected chi connectivity index (χ2v) is 16.4. The topological polar surface area (TPSA) is 18.5 Å². The predicted octanol–water partition coefficient (Wildman–Crippen LogP) is 5.47. The molecule has 0 aromatic heterocycles. The van der Waals surface area contributed by atoms with Gasteiger partial charge in [-0.15, -0.1) is 0 Å². The number of rotatable bonds is 6. The molecule has 114 valence electrons. The summed E-state index contributed by atoms with van der Waals surface area (Å²) in [7, 11) is -3.30. The molecule has 5 heteroatoms. The highest BCUT2D eigenvalue weighted by molar-refractivity contribution is 6.70. The van der Waals surface area contributed by atoms with Gasteiger partial charge in [0.05, 0.1) is 12.2 Å². The van der Waals surface area contributed by atoms with E-state index in [4.69, 9.17) is 20.5 Å². The first-order valence-corrected chi connectivity index (χ1v) is 14.3. The zero-order valence-corrected chi connectivity index (χ0v) is 16.4. The Hall–Kier alpha value is -0.136. The van der Waals surface area contributed by atoms with Gasteiger partial charge in [-0.25, -0.2) is 0 Å². The molecule has 20 heavy (non-hydrogen) atoms. The molecule has 0 amide bonds. The van der Waals surface area contributed by atoms with Gasteiger partial charge in [0.2, 0.25) is 0 Å².